The molecule has 0 saturated carbocycles. The second kappa shape index (κ2) is 6.00. The molecule has 0 aromatic carbocycles. The molecule has 0 aromatic rings. The van der Waals surface area contributed by atoms with Crippen LogP contribution in [0.3, 0.4) is 0 Å². The van der Waals surface area contributed by atoms with Gasteiger partial charge >= 0.3 is 14.2 Å². The van der Waals surface area contributed by atoms with E-state index in [1.54, 1.807) is 0 Å². The van der Waals surface area contributed by atoms with E-state index in [0.29, 0.717) is 12.9 Å². The molecule has 1 heterocycles. The summed E-state index contributed by atoms with van der Waals surface area (Å²) in [6.45, 7) is 16.1. The van der Waals surface area contributed by atoms with Gasteiger partial charge in [0.15, 0.2) is 0 Å². The van der Waals surface area contributed by atoms with E-state index < -0.39 is 7.12 Å². The molecule has 1 unspecified atom stereocenters. The van der Waals surface area contributed by atoms with E-state index in [4.69, 9.17) is 14.0 Å². The predicted octanol–water partition coefficient (Wildman–Crippen LogP) is 2.54. The molecule has 6 heteroatoms. The molecule has 0 bridgehead atoms. The van der Waals surface area contributed by atoms with Gasteiger partial charge < -0.3 is 19.0 Å². The largest absolute Gasteiger partial charge is 0.463 e. The Balaban J connectivity index is 2.44. The van der Waals surface area contributed by atoms with Crippen molar-refractivity contribution in [2.45, 2.75) is 64.9 Å². The van der Waals surface area contributed by atoms with Crippen molar-refractivity contribution < 1.29 is 19.0 Å². The van der Waals surface area contributed by atoms with Crippen molar-refractivity contribution in [2.24, 2.45) is 0 Å². The third kappa shape index (κ3) is 4.35. The fourth-order valence-electron chi connectivity index (χ4n) is 1.82. The predicted molar refractivity (Wildman–Crippen MR) is 79.1 cm³/mol. The Hall–Kier alpha value is -0.290. The Kier molecular flexibility index (Phi) is 5.29. The van der Waals surface area contributed by atoms with Gasteiger partial charge in [0.25, 0.3) is 0 Å². The van der Waals surface area contributed by atoms with E-state index in [2.05, 4.69) is 6.58 Å². The van der Waals surface area contributed by atoms with Crippen LogP contribution >= 0.6 is 0 Å². The van der Waals surface area contributed by atoms with E-state index in [1.807, 2.05) is 41.5 Å². The minimum absolute atomic E-state index is 0.0563. The van der Waals surface area contributed by atoms with Crippen LogP contribution in [-0.2, 0) is 14.0 Å². The first-order valence-electron chi connectivity index (χ1n) is 6.85. The van der Waals surface area contributed by atoms with Gasteiger partial charge in [0.05, 0.1) is 11.2 Å². The van der Waals surface area contributed by atoms with Crippen molar-refractivity contribution >= 4 is 14.2 Å². The Labute approximate surface area is 117 Å². The van der Waals surface area contributed by atoms with E-state index in [0.717, 1.165) is 5.57 Å². The van der Waals surface area contributed by atoms with Crippen LogP contribution in [0.1, 0.15) is 41.5 Å². The summed E-state index contributed by atoms with van der Waals surface area (Å²) in [4.78, 5) is 0. The van der Waals surface area contributed by atoms with Gasteiger partial charge in [0.2, 0.25) is 0 Å². The Morgan fingerprint density at radius 3 is 2.21 bits per heavy atom. The summed E-state index contributed by atoms with van der Waals surface area (Å²) in [6.07, 6.45) is 0.454. The molecule has 1 rings (SSSR count). The summed E-state index contributed by atoms with van der Waals surface area (Å²) in [7, 11) is -1.11. The molecular weight excluding hydrogens is 242 g/mol. The Bertz CT molecular complexity index is 315. The smallest absolute Gasteiger partial charge is 0.427 e. The molecule has 0 amide bonds. The zero-order valence-electron chi connectivity index (χ0n) is 13.0. The highest BCUT2D eigenvalue weighted by atomic mass is 16.7. The van der Waals surface area contributed by atoms with Crippen molar-refractivity contribution in [3.63, 3.8) is 0 Å². The monoisotopic (exact) mass is 268 g/mol. The van der Waals surface area contributed by atoms with Crippen molar-refractivity contribution in [1.82, 2.24) is 0 Å². The molecule has 1 aliphatic rings. The Morgan fingerprint density at radius 2 is 1.79 bits per heavy atom. The maximum atomic E-state index is 9.65. The molecule has 108 valence electrons. The van der Waals surface area contributed by atoms with Gasteiger partial charge in [-0.2, -0.15) is 0 Å². The van der Waals surface area contributed by atoms with Gasteiger partial charge in [-0.1, -0.05) is 12.5 Å². The molecule has 1 atom stereocenters. The summed E-state index contributed by atoms with van der Waals surface area (Å²) in [5.41, 5.74) is 0.237. The number of allylic oxidation sites excluding steroid dienone is 1. The van der Waals surface area contributed by atoms with Crippen LogP contribution in [0.4, 0.5) is 0 Å². The quantitative estimate of drug-likeness (QED) is 0.594. The van der Waals surface area contributed by atoms with Crippen molar-refractivity contribution in [3.05, 3.63) is 12.2 Å². The third-order valence-electron chi connectivity index (χ3n) is 3.81. The number of hydrogen-bond donors (Lipinski definition) is 1. The molecule has 0 radical (unpaired) electrons. The minimum atomic E-state index is -0.803. The molecule has 19 heavy (non-hydrogen) atoms. The Morgan fingerprint density at radius 1 is 1.32 bits per heavy atom. The summed E-state index contributed by atoms with van der Waals surface area (Å²) in [6, 6.07) is 0. The van der Waals surface area contributed by atoms with Crippen molar-refractivity contribution in [1.29, 1.82) is 0 Å². The summed E-state index contributed by atoms with van der Waals surface area (Å²) < 4.78 is 17.3. The second-order valence-electron chi connectivity index (χ2n) is 6.55. The summed E-state index contributed by atoms with van der Waals surface area (Å²) in [5, 5.41) is 9.65. The summed E-state index contributed by atoms with van der Waals surface area (Å²) >= 11 is 0. The fourth-order valence-corrected chi connectivity index (χ4v) is 1.82. The molecule has 1 fully saturated rings. The lowest BCUT2D eigenvalue weighted by Crippen LogP contribution is -2.41. The molecule has 1 N–H and O–H groups in total. The second-order valence-corrected chi connectivity index (χ2v) is 6.55. The van der Waals surface area contributed by atoms with Crippen LogP contribution < -0.4 is 0 Å². The van der Waals surface area contributed by atoms with Gasteiger partial charge in [-0.3, -0.25) is 0 Å². The van der Waals surface area contributed by atoms with Crippen molar-refractivity contribution in [2.75, 3.05) is 6.61 Å². The minimum Gasteiger partial charge on any atom is -0.427 e. The zero-order chi connectivity index (χ0) is 14.8. The highest BCUT2D eigenvalue weighted by Crippen LogP contribution is 2.39. The van der Waals surface area contributed by atoms with Crippen LogP contribution in [0.2, 0.25) is 12.1 Å². The van der Waals surface area contributed by atoms with Crippen LogP contribution in [0, 0.1) is 0 Å². The highest BCUT2D eigenvalue weighted by Gasteiger charge is 2.52. The zero-order valence-corrected chi connectivity index (χ0v) is 13.0. The van der Waals surface area contributed by atoms with E-state index >= 15 is 0 Å². The van der Waals surface area contributed by atoms with E-state index in [1.165, 1.54) is 0 Å². The van der Waals surface area contributed by atoms with E-state index in [-0.39, 0.29) is 24.1 Å². The number of hydrogen-bond acceptors (Lipinski definition) is 4. The average Bonchev–Trinajstić information content (AvgIpc) is 2.44. The first-order chi connectivity index (χ1) is 8.55. The van der Waals surface area contributed by atoms with Gasteiger partial charge in [-0.15, -0.1) is 6.58 Å². The van der Waals surface area contributed by atoms with Gasteiger partial charge in [0, 0.05) is 18.7 Å². The topological polar surface area (TPSA) is 47.9 Å². The first kappa shape index (κ1) is 16.8. The number of rotatable bonds is 6. The molecule has 0 aliphatic carbocycles. The van der Waals surface area contributed by atoms with Crippen LogP contribution in [0.25, 0.3) is 0 Å². The molecule has 0 aromatic heterocycles. The maximum Gasteiger partial charge on any atom is 0.463 e. The standard InChI is InChI=1S/C13H26B2O4/c1-10(2)8-14(16)17-9-11(3)15-18-12(4,5)13(6,7)19-15/h11,16H,1,8-9H2,2-7H3. The van der Waals surface area contributed by atoms with Crippen LogP contribution in [0.15, 0.2) is 12.2 Å². The molecule has 1 aliphatic heterocycles. The van der Waals surface area contributed by atoms with Crippen LogP contribution in [-0.4, -0.2) is 37.1 Å². The molecular formula is C13H26B2O4. The van der Waals surface area contributed by atoms with E-state index in [9.17, 15) is 5.02 Å². The lowest BCUT2D eigenvalue weighted by atomic mass is 9.73. The van der Waals surface area contributed by atoms with Gasteiger partial charge in [-0.25, -0.2) is 0 Å². The maximum absolute atomic E-state index is 9.65. The molecule has 0 spiro atoms. The van der Waals surface area contributed by atoms with Gasteiger partial charge in [0.1, 0.15) is 0 Å². The average molecular weight is 268 g/mol. The normalized spacial score (nSPS) is 22.4. The van der Waals surface area contributed by atoms with Crippen LogP contribution in [0.5, 0.6) is 0 Å². The fraction of sp³-hybridized carbons (Fsp3) is 0.846. The lowest BCUT2D eigenvalue weighted by Gasteiger charge is -2.32. The lowest BCUT2D eigenvalue weighted by molar-refractivity contribution is 0.00578. The highest BCUT2D eigenvalue weighted by molar-refractivity contribution is 6.48. The first-order valence-corrected chi connectivity index (χ1v) is 6.85. The van der Waals surface area contributed by atoms with Crippen molar-refractivity contribution in [3.8, 4) is 0 Å². The summed E-state index contributed by atoms with van der Waals surface area (Å²) in [5.74, 6) is 0.0563. The SMILES string of the molecule is C=C(C)CB(O)OCC(C)B1OC(C)(C)C(C)(C)O1. The van der Waals surface area contributed by atoms with Gasteiger partial charge in [-0.05, 0) is 34.6 Å². The molecule has 1 saturated heterocycles. The molecule has 4 nitrogen and oxygen atoms in total. The third-order valence-corrected chi connectivity index (χ3v) is 3.81.